The van der Waals surface area contributed by atoms with Crippen molar-refractivity contribution in [3.05, 3.63) is 12.3 Å². The van der Waals surface area contributed by atoms with E-state index in [2.05, 4.69) is 9.49 Å². The molecule has 1 N–H and O–H groups in total. The van der Waals surface area contributed by atoms with Crippen molar-refractivity contribution >= 4 is 18.3 Å². The van der Waals surface area contributed by atoms with Crippen LogP contribution in [0.15, 0.2) is 17.3 Å². The molecule has 0 unspecified atom stereocenters. The van der Waals surface area contributed by atoms with Crippen molar-refractivity contribution in [2.24, 2.45) is 0 Å². The van der Waals surface area contributed by atoms with Crippen LogP contribution in [0.4, 0.5) is 8.78 Å². The van der Waals surface area contributed by atoms with E-state index in [0.717, 1.165) is 12.3 Å². The van der Waals surface area contributed by atoms with Crippen LogP contribution >= 0.6 is 0 Å². The molecule has 0 atom stereocenters. The van der Waals surface area contributed by atoms with Gasteiger partial charge in [0, 0.05) is 13.1 Å². The van der Waals surface area contributed by atoms with E-state index in [0.29, 0.717) is 11.6 Å². The molecule has 1 aromatic rings. The number of nitrogens with zero attached hydrogens (tertiary/aromatic N) is 2. The third-order valence-electron chi connectivity index (χ3n) is 3.51. The minimum absolute atomic E-state index is 0.211. The second kappa shape index (κ2) is 4.88. The smallest absolute Gasteiger partial charge is 0.232 e. The van der Waals surface area contributed by atoms with E-state index >= 15 is 0 Å². The Hall–Kier alpha value is -0.803. The maximum atomic E-state index is 13.1. The number of alkyl halides is 2. The van der Waals surface area contributed by atoms with Crippen LogP contribution in [0.1, 0.15) is 27.7 Å². The Morgan fingerprint density at radius 3 is 2.10 bits per heavy atom. The Morgan fingerprint density at radius 1 is 1.25 bits per heavy atom. The molecule has 0 saturated carbocycles. The predicted molar refractivity (Wildman–Crippen MR) is 75.6 cm³/mol. The molecule has 0 fully saturated rings. The third kappa shape index (κ3) is 3.64. The first kappa shape index (κ1) is 17.2. The standard InChI is InChI=1S/C11H21F2N3O2SSi/c1-10(2,3)20(5,6)15-19(17,18)9-7-8-16(14-9)11(4,12)13/h7-8,15H,1-6H3. The lowest BCUT2D eigenvalue weighted by molar-refractivity contribution is -0.0732. The van der Waals surface area contributed by atoms with Gasteiger partial charge in [0.05, 0.1) is 0 Å². The lowest BCUT2D eigenvalue weighted by Crippen LogP contribution is -2.54. The fourth-order valence-electron chi connectivity index (χ4n) is 1.21. The van der Waals surface area contributed by atoms with Gasteiger partial charge in [-0.05, 0) is 11.1 Å². The van der Waals surface area contributed by atoms with Crippen molar-refractivity contribution in [2.45, 2.75) is 56.9 Å². The van der Waals surface area contributed by atoms with E-state index in [-0.39, 0.29) is 10.1 Å². The number of halogens is 2. The van der Waals surface area contributed by atoms with Crippen LogP contribution in [0.3, 0.4) is 0 Å². The van der Waals surface area contributed by atoms with Crippen LogP contribution in [0, 0.1) is 0 Å². The Labute approximate surface area is 119 Å². The van der Waals surface area contributed by atoms with Crippen LogP contribution in [0.2, 0.25) is 18.1 Å². The summed E-state index contributed by atoms with van der Waals surface area (Å²) < 4.78 is 53.6. The molecule has 5 nitrogen and oxygen atoms in total. The molecular weight excluding hydrogens is 304 g/mol. The van der Waals surface area contributed by atoms with Crippen LogP contribution in [0.25, 0.3) is 0 Å². The minimum Gasteiger partial charge on any atom is -0.232 e. The first-order valence-corrected chi connectivity index (χ1v) is 10.6. The molecular formula is C11H21F2N3O2SSi. The van der Waals surface area contributed by atoms with Gasteiger partial charge in [0.25, 0.3) is 10.0 Å². The predicted octanol–water partition coefficient (Wildman–Crippen LogP) is 2.74. The van der Waals surface area contributed by atoms with E-state index in [4.69, 9.17) is 0 Å². The molecule has 116 valence electrons. The summed E-state index contributed by atoms with van der Waals surface area (Å²) >= 11 is 0. The maximum absolute atomic E-state index is 13.1. The summed E-state index contributed by atoms with van der Waals surface area (Å²) in [6.45, 7) is 10.2. The van der Waals surface area contributed by atoms with E-state index in [9.17, 15) is 17.2 Å². The number of hydrogen-bond donors (Lipinski definition) is 1. The first-order valence-electron chi connectivity index (χ1n) is 6.15. The second-order valence-corrected chi connectivity index (χ2v) is 13.4. The third-order valence-corrected chi connectivity index (χ3v) is 11.1. The lowest BCUT2D eigenvalue weighted by atomic mass is 10.2. The number of sulfonamides is 1. The van der Waals surface area contributed by atoms with Crippen molar-refractivity contribution in [3.63, 3.8) is 0 Å². The molecule has 0 aliphatic carbocycles. The Kier molecular flexibility index (Phi) is 4.21. The average molecular weight is 325 g/mol. The summed E-state index contributed by atoms with van der Waals surface area (Å²) in [6, 6.07) is -2.16. The van der Waals surface area contributed by atoms with Gasteiger partial charge in [-0.25, -0.2) is 17.5 Å². The molecule has 1 heterocycles. The summed E-state index contributed by atoms with van der Waals surface area (Å²) in [5, 5.41) is 2.86. The fraction of sp³-hybridized carbons (Fsp3) is 0.727. The van der Waals surface area contributed by atoms with E-state index in [1.807, 2.05) is 33.9 Å². The summed E-state index contributed by atoms with van der Waals surface area (Å²) in [6.07, 6.45) is 0.959. The van der Waals surface area contributed by atoms with Crippen molar-refractivity contribution in [1.29, 1.82) is 0 Å². The first-order chi connectivity index (χ1) is 8.67. The largest absolute Gasteiger partial charge is 0.340 e. The summed E-state index contributed by atoms with van der Waals surface area (Å²) in [4.78, 5) is 0. The molecule has 0 bridgehead atoms. The highest BCUT2D eigenvalue weighted by molar-refractivity contribution is 7.90. The van der Waals surface area contributed by atoms with E-state index in [1.165, 1.54) is 0 Å². The van der Waals surface area contributed by atoms with Gasteiger partial charge in [0.1, 0.15) is 8.24 Å². The minimum atomic E-state index is -3.89. The normalized spacial score (nSPS) is 14.6. The molecule has 1 rings (SSSR count). The van der Waals surface area contributed by atoms with Crippen molar-refractivity contribution in [1.82, 2.24) is 14.2 Å². The lowest BCUT2D eigenvalue weighted by Gasteiger charge is -2.36. The maximum Gasteiger partial charge on any atom is 0.340 e. The monoisotopic (exact) mass is 325 g/mol. The Balaban J connectivity index is 3.10. The van der Waals surface area contributed by atoms with Crippen molar-refractivity contribution < 1.29 is 17.2 Å². The van der Waals surface area contributed by atoms with Crippen LogP contribution in [-0.2, 0) is 16.1 Å². The zero-order valence-corrected chi connectivity index (χ0v) is 14.3. The van der Waals surface area contributed by atoms with Crippen LogP contribution < -0.4 is 4.39 Å². The van der Waals surface area contributed by atoms with Crippen LogP contribution in [0.5, 0.6) is 0 Å². The van der Waals surface area contributed by atoms with Gasteiger partial charge in [0.15, 0.2) is 5.03 Å². The Morgan fingerprint density at radius 2 is 1.75 bits per heavy atom. The number of rotatable bonds is 4. The molecule has 20 heavy (non-hydrogen) atoms. The molecule has 9 heteroatoms. The quantitative estimate of drug-likeness (QED) is 0.866. The topological polar surface area (TPSA) is 64.0 Å². The zero-order chi connectivity index (χ0) is 16.0. The number of nitrogens with one attached hydrogen (secondary N) is 1. The van der Waals surface area contributed by atoms with Gasteiger partial charge in [-0.2, -0.15) is 13.9 Å². The van der Waals surface area contributed by atoms with Gasteiger partial charge in [0.2, 0.25) is 0 Å². The summed E-state index contributed by atoms with van der Waals surface area (Å²) in [5.41, 5.74) is 0. The highest BCUT2D eigenvalue weighted by Gasteiger charge is 2.40. The molecule has 0 spiro atoms. The van der Waals surface area contributed by atoms with E-state index < -0.39 is 24.3 Å². The molecule has 0 radical (unpaired) electrons. The summed E-state index contributed by atoms with van der Waals surface area (Å²) in [7, 11) is -6.23. The Bertz CT molecular complexity index is 586. The van der Waals surface area contributed by atoms with Crippen LogP contribution in [-0.4, -0.2) is 26.4 Å². The molecule has 0 amide bonds. The highest BCUT2D eigenvalue weighted by atomic mass is 32.2. The molecule has 0 aromatic carbocycles. The SMILES string of the molecule is CC(F)(F)n1ccc(S(=O)(=O)N[Si](C)(C)C(C)(C)C)n1. The van der Waals surface area contributed by atoms with Gasteiger partial charge < -0.3 is 0 Å². The molecule has 0 aliphatic heterocycles. The van der Waals surface area contributed by atoms with E-state index in [1.54, 1.807) is 0 Å². The zero-order valence-electron chi connectivity index (χ0n) is 12.5. The number of hydrogen-bond acceptors (Lipinski definition) is 3. The second-order valence-electron chi connectivity index (χ2n) is 6.42. The average Bonchev–Trinajstić information content (AvgIpc) is 2.61. The van der Waals surface area contributed by atoms with Gasteiger partial charge in [-0.3, -0.25) is 0 Å². The molecule has 1 aromatic heterocycles. The van der Waals surface area contributed by atoms with Gasteiger partial charge >= 0.3 is 6.05 Å². The molecule has 0 saturated heterocycles. The number of aromatic nitrogens is 2. The summed E-state index contributed by atoms with van der Waals surface area (Å²) in [5.74, 6) is 0. The highest BCUT2D eigenvalue weighted by Crippen LogP contribution is 2.34. The van der Waals surface area contributed by atoms with Gasteiger partial charge in [-0.1, -0.05) is 33.9 Å². The fourth-order valence-corrected chi connectivity index (χ4v) is 5.98. The van der Waals surface area contributed by atoms with Crippen molar-refractivity contribution in [3.8, 4) is 0 Å². The van der Waals surface area contributed by atoms with Gasteiger partial charge in [-0.15, -0.1) is 0 Å². The van der Waals surface area contributed by atoms with Crippen molar-refractivity contribution in [2.75, 3.05) is 0 Å². The molecule has 0 aliphatic rings.